The van der Waals surface area contributed by atoms with Gasteiger partial charge >= 0.3 is 0 Å². The fourth-order valence-corrected chi connectivity index (χ4v) is 2.50. The standard InChI is InChI=1S/C12H12ClN3O2S/c1-2-4-16(12-14-3-5-19-12)11(18)9-6-8(17)7-10(13)15-9/h3,5-7H,2,4H2,1H3,(H,15,17). The van der Waals surface area contributed by atoms with E-state index in [1.807, 2.05) is 6.92 Å². The van der Waals surface area contributed by atoms with Crippen molar-refractivity contribution in [3.63, 3.8) is 0 Å². The minimum atomic E-state index is -0.309. The van der Waals surface area contributed by atoms with E-state index in [1.54, 1.807) is 11.6 Å². The molecule has 2 aromatic rings. The van der Waals surface area contributed by atoms with Gasteiger partial charge in [-0.1, -0.05) is 18.5 Å². The van der Waals surface area contributed by atoms with Crippen LogP contribution in [0.5, 0.6) is 0 Å². The smallest absolute Gasteiger partial charge is 0.276 e. The number of nitrogens with one attached hydrogen (secondary N) is 1. The monoisotopic (exact) mass is 297 g/mol. The molecule has 2 aromatic heterocycles. The molecule has 0 saturated carbocycles. The SMILES string of the molecule is CCCN(C(=O)c1cc(=O)cc(Cl)[nH]1)c1nccs1. The van der Waals surface area contributed by atoms with Crippen LogP contribution in [0.2, 0.25) is 5.15 Å². The van der Waals surface area contributed by atoms with Crippen LogP contribution in [0.25, 0.3) is 0 Å². The van der Waals surface area contributed by atoms with Crippen molar-refractivity contribution in [2.75, 3.05) is 11.4 Å². The Hall–Kier alpha value is -1.66. The second-order valence-corrected chi connectivity index (χ2v) is 5.13. The maximum Gasteiger partial charge on any atom is 0.276 e. The Morgan fingerprint density at radius 3 is 2.89 bits per heavy atom. The summed E-state index contributed by atoms with van der Waals surface area (Å²) in [5, 5.41) is 2.55. The number of anilines is 1. The van der Waals surface area contributed by atoms with E-state index in [4.69, 9.17) is 11.6 Å². The van der Waals surface area contributed by atoms with Gasteiger partial charge < -0.3 is 4.98 Å². The fraction of sp³-hybridized carbons (Fsp3) is 0.250. The van der Waals surface area contributed by atoms with Crippen molar-refractivity contribution in [2.45, 2.75) is 13.3 Å². The molecular weight excluding hydrogens is 286 g/mol. The fourth-order valence-electron chi connectivity index (χ4n) is 1.63. The van der Waals surface area contributed by atoms with E-state index < -0.39 is 0 Å². The molecule has 0 atom stereocenters. The summed E-state index contributed by atoms with van der Waals surface area (Å²) in [6.45, 7) is 2.50. The topological polar surface area (TPSA) is 66.1 Å². The largest absolute Gasteiger partial charge is 0.341 e. The number of halogens is 1. The summed E-state index contributed by atoms with van der Waals surface area (Å²) >= 11 is 7.13. The minimum Gasteiger partial charge on any atom is -0.341 e. The minimum absolute atomic E-state index is 0.145. The molecule has 0 aliphatic rings. The second-order valence-electron chi connectivity index (χ2n) is 3.85. The Kier molecular flexibility index (Phi) is 4.34. The predicted molar refractivity (Wildman–Crippen MR) is 76.2 cm³/mol. The van der Waals surface area contributed by atoms with Gasteiger partial charge in [0.2, 0.25) is 0 Å². The number of aromatic nitrogens is 2. The number of hydrogen-bond donors (Lipinski definition) is 1. The van der Waals surface area contributed by atoms with Crippen molar-refractivity contribution in [1.29, 1.82) is 0 Å². The van der Waals surface area contributed by atoms with E-state index in [-0.39, 0.29) is 22.2 Å². The quantitative estimate of drug-likeness (QED) is 0.882. The Morgan fingerprint density at radius 2 is 2.32 bits per heavy atom. The molecule has 0 fully saturated rings. The number of thiazole rings is 1. The molecule has 1 amide bonds. The highest BCUT2D eigenvalue weighted by Gasteiger charge is 2.20. The zero-order chi connectivity index (χ0) is 13.8. The highest BCUT2D eigenvalue weighted by atomic mass is 35.5. The highest BCUT2D eigenvalue weighted by molar-refractivity contribution is 7.13. The van der Waals surface area contributed by atoms with E-state index in [1.165, 1.54) is 28.4 Å². The molecule has 0 aliphatic carbocycles. The molecule has 0 aromatic carbocycles. The van der Waals surface area contributed by atoms with Crippen LogP contribution >= 0.6 is 22.9 Å². The molecule has 0 aliphatic heterocycles. The van der Waals surface area contributed by atoms with E-state index >= 15 is 0 Å². The average molecular weight is 298 g/mol. The summed E-state index contributed by atoms with van der Waals surface area (Å²) < 4.78 is 0. The molecule has 0 saturated heterocycles. The van der Waals surface area contributed by atoms with Crippen LogP contribution < -0.4 is 10.3 Å². The summed E-state index contributed by atoms with van der Waals surface area (Å²) in [6.07, 6.45) is 2.42. The molecule has 0 unspecified atom stereocenters. The summed E-state index contributed by atoms with van der Waals surface area (Å²) in [7, 11) is 0. The Balaban J connectivity index is 2.36. The predicted octanol–water partition coefficient (Wildman–Crippen LogP) is 2.54. The zero-order valence-electron chi connectivity index (χ0n) is 10.2. The molecule has 0 radical (unpaired) electrons. The number of carbonyl (C=O) groups is 1. The number of rotatable bonds is 4. The van der Waals surface area contributed by atoms with Crippen molar-refractivity contribution >= 4 is 34.0 Å². The third-order valence-corrected chi connectivity index (χ3v) is 3.38. The number of amides is 1. The van der Waals surface area contributed by atoms with Crippen LogP contribution in [-0.4, -0.2) is 22.4 Å². The van der Waals surface area contributed by atoms with Crippen LogP contribution in [0.1, 0.15) is 23.8 Å². The Morgan fingerprint density at radius 1 is 1.53 bits per heavy atom. The molecule has 2 heterocycles. The van der Waals surface area contributed by atoms with Gasteiger partial charge in [-0.2, -0.15) is 0 Å². The first-order chi connectivity index (χ1) is 9.11. The van der Waals surface area contributed by atoms with E-state index in [0.717, 1.165) is 6.42 Å². The summed E-state index contributed by atoms with van der Waals surface area (Å²) in [6, 6.07) is 2.47. The molecule has 19 heavy (non-hydrogen) atoms. The van der Waals surface area contributed by atoms with Crippen molar-refractivity contribution in [3.05, 3.63) is 44.8 Å². The second kappa shape index (κ2) is 5.99. The maximum absolute atomic E-state index is 12.4. The van der Waals surface area contributed by atoms with Crippen molar-refractivity contribution in [1.82, 2.24) is 9.97 Å². The van der Waals surface area contributed by atoms with Gasteiger partial charge in [0.15, 0.2) is 10.6 Å². The lowest BCUT2D eigenvalue weighted by Gasteiger charge is -2.18. The molecule has 0 spiro atoms. The first-order valence-electron chi connectivity index (χ1n) is 5.73. The van der Waals surface area contributed by atoms with Gasteiger partial charge in [-0.25, -0.2) is 4.98 Å². The highest BCUT2D eigenvalue weighted by Crippen LogP contribution is 2.19. The number of hydrogen-bond acceptors (Lipinski definition) is 4. The van der Waals surface area contributed by atoms with Crippen molar-refractivity contribution < 1.29 is 4.79 Å². The Bertz CT molecular complexity index is 624. The Labute approximate surface area is 118 Å². The third-order valence-electron chi connectivity index (χ3n) is 2.38. The van der Waals surface area contributed by atoms with Gasteiger partial charge in [-0.05, 0) is 6.42 Å². The van der Waals surface area contributed by atoms with Gasteiger partial charge in [0.1, 0.15) is 10.8 Å². The first kappa shape index (κ1) is 13.8. The van der Waals surface area contributed by atoms with Gasteiger partial charge in [-0.3, -0.25) is 14.5 Å². The third kappa shape index (κ3) is 3.21. The maximum atomic E-state index is 12.4. The number of H-pyrrole nitrogens is 1. The van der Waals surface area contributed by atoms with Gasteiger partial charge in [-0.15, -0.1) is 11.3 Å². The number of nitrogens with zero attached hydrogens (tertiary/aromatic N) is 2. The van der Waals surface area contributed by atoms with E-state index in [9.17, 15) is 9.59 Å². The number of aromatic amines is 1. The average Bonchev–Trinajstić information content (AvgIpc) is 2.87. The summed E-state index contributed by atoms with van der Waals surface area (Å²) in [5.41, 5.74) is -0.135. The molecule has 100 valence electrons. The van der Waals surface area contributed by atoms with Gasteiger partial charge in [0.05, 0.1) is 0 Å². The van der Waals surface area contributed by atoms with E-state index in [0.29, 0.717) is 11.7 Å². The molecule has 7 heteroatoms. The molecule has 5 nitrogen and oxygen atoms in total. The molecular formula is C12H12ClN3O2S. The lowest BCUT2D eigenvalue weighted by atomic mass is 10.3. The lowest BCUT2D eigenvalue weighted by molar-refractivity contribution is 0.0982. The van der Waals surface area contributed by atoms with Crippen LogP contribution in [0.15, 0.2) is 28.5 Å². The number of carbonyl (C=O) groups excluding carboxylic acids is 1. The van der Waals surface area contributed by atoms with Gasteiger partial charge in [0.25, 0.3) is 5.91 Å². The van der Waals surface area contributed by atoms with Crippen LogP contribution in [0.4, 0.5) is 5.13 Å². The van der Waals surface area contributed by atoms with Crippen LogP contribution in [0, 0.1) is 0 Å². The van der Waals surface area contributed by atoms with E-state index in [2.05, 4.69) is 9.97 Å². The molecule has 0 bridgehead atoms. The van der Waals surface area contributed by atoms with Crippen LogP contribution in [0.3, 0.4) is 0 Å². The van der Waals surface area contributed by atoms with Gasteiger partial charge in [0, 0.05) is 30.3 Å². The zero-order valence-corrected chi connectivity index (χ0v) is 11.8. The summed E-state index contributed by atoms with van der Waals surface area (Å²) in [4.78, 5) is 32.2. The van der Waals surface area contributed by atoms with Crippen molar-refractivity contribution in [3.8, 4) is 0 Å². The first-order valence-corrected chi connectivity index (χ1v) is 6.99. The number of pyridine rings is 1. The summed E-state index contributed by atoms with van der Waals surface area (Å²) in [5.74, 6) is -0.309. The molecule has 1 N–H and O–H groups in total. The molecule has 2 rings (SSSR count). The van der Waals surface area contributed by atoms with Crippen molar-refractivity contribution in [2.24, 2.45) is 0 Å². The lowest BCUT2D eigenvalue weighted by Crippen LogP contribution is -2.32. The normalized spacial score (nSPS) is 10.4. The van der Waals surface area contributed by atoms with Crippen LogP contribution in [-0.2, 0) is 0 Å².